The maximum absolute atomic E-state index is 13.9. The number of cyclic esters (lactones) is 1. The first-order chi connectivity index (χ1) is 15.7. The zero-order valence-electron chi connectivity index (χ0n) is 22.0. The summed E-state index contributed by atoms with van der Waals surface area (Å²) in [7, 11) is 0. The maximum Gasteiger partial charge on any atom is 0.312 e. The van der Waals surface area contributed by atoms with Crippen molar-refractivity contribution in [3.05, 3.63) is 60.4 Å². The Balaban J connectivity index is 0.00000289. The first-order valence-electron chi connectivity index (χ1n) is 12.1. The summed E-state index contributed by atoms with van der Waals surface area (Å²) >= 11 is 0. The van der Waals surface area contributed by atoms with E-state index in [1.165, 1.54) is 33.2 Å². The summed E-state index contributed by atoms with van der Waals surface area (Å²) < 4.78 is 7.48. The van der Waals surface area contributed by atoms with Gasteiger partial charge in [-0.05, 0) is 94.3 Å². The number of aryl methyl sites for hydroxylation is 3. The number of aromatic nitrogens is 2. The van der Waals surface area contributed by atoms with E-state index in [0.717, 1.165) is 33.6 Å². The summed E-state index contributed by atoms with van der Waals surface area (Å²) in [5, 5.41) is 1.20. The molecular weight excluding hydrogens is 436 g/mol. The van der Waals surface area contributed by atoms with Gasteiger partial charge in [-0.25, -0.2) is 4.98 Å². The lowest BCUT2D eigenvalue weighted by Gasteiger charge is -2.39. The van der Waals surface area contributed by atoms with E-state index < -0.39 is 10.8 Å². The van der Waals surface area contributed by atoms with Gasteiger partial charge in [0.1, 0.15) is 6.61 Å². The molecule has 0 spiro atoms. The molecule has 5 heteroatoms. The van der Waals surface area contributed by atoms with Crippen molar-refractivity contribution in [2.24, 2.45) is 5.41 Å². The molecule has 0 bridgehead atoms. The number of rotatable bonds is 0. The Morgan fingerprint density at radius 2 is 1.37 bits per heavy atom. The Morgan fingerprint density at radius 1 is 0.771 bits per heavy atom. The fourth-order valence-corrected chi connectivity index (χ4v) is 6.19. The zero-order valence-corrected chi connectivity index (χ0v) is 22.0. The van der Waals surface area contributed by atoms with Gasteiger partial charge in [0.05, 0.1) is 34.4 Å². The molecular formula is C30H38N2O3. The second kappa shape index (κ2) is 7.52. The molecule has 0 saturated carbocycles. The van der Waals surface area contributed by atoms with Crippen molar-refractivity contribution < 1.29 is 9.53 Å². The van der Waals surface area contributed by atoms with Gasteiger partial charge in [0, 0.05) is 16.4 Å². The van der Waals surface area contributed by atoms with E-state index >= 15 is 0 Å². The third-order valence-electron chi connectivity index (χ3n) is 9.38. The molecule has 0 radical (unpaired) electrons. The van der Waals surface area contributed by atoms with E-state index in [2.05, 4.69) is 55.4 Å². The van der Waals surface area contributed by atoms with Crippen molar-refractivity contribution in [2.75, 3.05) is 0 Å². The van der Waals surface area contributed by atoms with E-state index in [1.54, 1.807) is 0 Å². The number of ether oxygens (including phenoxy) is 1. The summed E-state index contributed by atoms with van der Waals surface area (Å²) in [6, 6.07) is 0. The molecule has 0 fully saturated rings. The average molecular weight is 475 g/mol. The number of hydrogen-bond acceptors (Lipinski definition) is 4. The predicted octanol–water partition coefficient (Wildman–Crippen LogP) is 6.27. The number of fused-ring (bicyclic) bond motifs is 5. The minimum Gasteiger partial charge on any atom is -0.460 e. The molecule has 0 saturated heterocycles. The van der Waals surface area contributed by atoms with Crippen LogP contribution in [0.3, 0.4) is 0 Å². The molecule has 0 unspecified atom stereocenters. The first kappa shape index (κ1) is 25.2. The predicted molar refractivity (Wildman–Crippen MR) is 142 cm³/mol. The van der Waals surface area contributed by atoms with Gasteiger partial charge in [0.2, 0.25) is 0 Å². The van der Waals surface area contributed by atoms with Crippen LogP contribution in [0, 0.1) is 47.0 Å². The summed E-state index contributed by atoms with van der Waals surface area (Å²) in [6.07, 6.45) is 0. The molecule has 4 heterocycles. The highest BCUT2D eigenvalue weighted by Gasteiger charge is 2.50. The summed E-state index contributed by atoms with van der Waals surface area (Å²) in [5.74, 6) is -0.269. The molecule has 5 rings (SSSR count). The van der Waals surface area contributed by atoms with E-state index in [4.69, 9.17) is 9.72 Å². The van der Waals surface area contributed by atoms with Crippen LogP contribution in [0.1, 0.15) is 85.2 Å². The van der Waals surface area contributed by atoms with E-state index in [1.807, 2.05) is 18.4 Å². The van der Waals surface area contributed by atoms with Crippen LogP contribution >= 0.6 is 0 Å². The van der Waals surface area contributed by atoms with Crippen LogP contribution in [0.2, 0.25) is 0 Å². The van der Waals surface area contributed by atoms with Crippen molar-refractivity contribution in [3.8, 4) is 11.4 Å². The lowest BCUT2D eigenvalue weighted by molar-refractivity contribution is -0.157. The topological polar surface area (TPSA) is 61.2 Å². The smallest absolute Gasteiger partial charge is 0.312 e. The third-order valence-corrected chi connectivity index (χ3v) is 9.38. The van der Waals surface area contributed by atoms with Crippen LogP contribution in [0.4, 0.5) is 0 Å². The third kappa shape index (κ3) is 2.90. The molecule has 2 aromatic heterocycles. The molecule has 0 aliphatic carbocycles. The Morgan fingerprint density at radius 3 is 2.00 bits per heavy atom. The average Bonchev–Trinajstić information content (AvgIpc) is 3.14. The standard InChI is InChI=1S/C29H34N2O3.CH4/c1-13-14(2)16(4)23-21(15(13)3)17(5)19-11-31-25(24(19)30-23)18(6)22-20(26(31)32)12-34-27(33)29(9,10)28(22,7)8;/h11-12H2,1-10H3;1H4. The fourth-order valence-electron chi connectivity index (χ4n) is 6.19. The van der Waals surface area contributed by atoms with Crippen LogP contribution in [0.25, 0.3) is 22.3 Å². The highest BCUT2D eigenvalue weighted by atomic mass is 16.5. The maximum atomic E-state index is 13.9. The van der Waals surface area contributed by atoms with Gasteiger partial charge in [-0.2, -0.15) is 0 Å². The van der Waals surface area contributed by atoms with E-state index in [9.17, 15) is 9.59 Å². The molecule has 0 amide bonds. The molecule has 35 heavy (non-hydrogen) atoms. The second-order valence-corrected chi connectivity index (χ2v) is 11.3. The molecule has 2 aliphatic rings. The molecule has 2 aliphatic heterocycles. The SMILES string of the molecule is C.Cc1c(C)c(C)c2c(C)c3c(nc2c1C)-c1c(C)c2c(c(=O)n1C3)COC(=O)C(C)(C)C2(C)C. The molecule has 0 atom stereocenters. The van der Waals surface area contributed by atoms with Crippen LogP contribution in [-0.4, -0.2) is 15.5 Å². The molecule has 0 N–H and O–H groups in total. The van der Waals surface area contributed by atoms with Gasteiger partial charge in [0.15, 0.2) is 0 Å². The first-order valence-corrected chi connectivity index (χ1v) is 12.1. The molecule has 186 valence electrons. The van der Waals surface area contributed by atoms with Crippen LogP contribution in [0.15, 0.2) is 4.79 Å². The zero-order chi connectivity index (χ0) is 25.1. The highest BCUT2D eigenvalue weighted by molar-refractivity contribution is 5.94. The summed E-state index contributed by atoms with van der Waals surface area (Å²) in [4.78, 5) is 32.0. The van der Waals surface area contributed by atoms with E-state index in [0.29, 0.717) is 12.1 Å². The lowest BCUT2D eigenvalue weighted by Crippen LogP contribution is -2.43. The second-order valence-electron chi connectivity index (χ2n) is 11.3. The van der Waals surface area contributed by atoms with Crippen molar-refractivity contribution in [2.45, 2.75) is 95.2 Å². The number of carbonyl (C=O) groups is 1. The van der Waals surface area contributed by atoms with Crippen LogP contribution in [-0.2, 0) is 28.1 Å². The van der Waals surface area contributed by atoms with Gasteiger partial charge in [-0.3, -0.25) is 9.59 Å². The van der Waals surface area contributed by atoms with Crippen molar-refractivity contribution in [1.29, 1.82) is 0 Å². The quantitative estimate of drug-likeness (QED) is 0.282. The minimum absolute atomic E-state index is 0. The van der Waals surface area contributed by atoms with Crippen LogP contribution < -0.4 is 5.56 Å². The minimum atomic E-state index is -0.773. The van der Waals surface area contributed by atoms with Crippen molar-refractivity contribution in [3.63, 3.8) is 0 Å². The number of carbonyl (C=O) groups excluding carboxylic acids is 1. The van der Waals surface area contributed by atoms with E-state index in [-0.39, 0.29) is 25.6 Å². The van der Waals surface area contributed by atoms with Gasteiger partial charge in [-0.15, -0.1) is 0 Å². The highest BCUT2D eigenvalue weighted by Crippen LogP contribution is 2.49. The molecule has 3 aromatic rings. The van der Waals surface area contributed by atoms with Crippen molar-refractivity contribution in [1.82, 2.24) is 9.55 Å². The number of esters is 1. The molecule has 1 aromatic carbocycles. The Bertz CT molecular complexity index is 1520. The lowest BCUT2D eigenvalue weighted by atomic mass is 9.62. The Labute approximate surface area is 208 Å². The van der Waals surface area contributed by atoms with Gasteiger partial charge < -0.3 is 9.30 Å². The normalized spacial score (nSPS) is 17.3. The Kier molecular flexibility index (Phi) is 5.41. The van der Waals surface area contributed by atoms with Gasteiger partial charge in [0.25, 0.3) is 5.56 Å². The number of nitrogens with zero attached hydrogens (tertiary/aromatic N) is 2. The Hall–Kier alpha value is -2.95. The van der Waals surface area contributed by atoms with Gasteiger partial charge in [-0.1, -0.05) is 21.3 Å². The molecule has 5 nitrogen and oxygen atoms in total. The fraction of sp³-hybridized carbons (Fsp3) is 0.500. The summed E-state index contributed by atoms with van der Waals surface area (Å²) in [6.45, 7) is 21.3. The van der Waals surface area contributed by atoms with Gasteiger partial charge >= 0.3 is 5.97 Å². The monoisotopic (exact) mass is 474 g/mol. The number of hydrogen-bond donors (Lipinski definition) is 0. The number of pyridine rings is 2. The summed E-state index contributed by atoms with van der Waals surface area (Å²) in [5.41, 5.74) is 11.3. The van der Waals surface area contributed by atoms with Crippen LogP contribution in [0.5, 0.6) is 0 Å². The largest absolute Gasteiger partial charge is 0.460 e. The van der Waals surface area contributed by atoms with Crippen molar-refractivity contribution >= 4 is 16.9 Å². The number of benzene rings is 1.